The number of carbonyl (C=O) groups is 1. The summed E-state index contributed by atoms with van der Waals surface area (Å²) in [5.74, 6) is -0.249. The van der Waals surface area contributed by atoms with Crippen molar-refractivity contribution in [2.75, 3.05) is 5.32 Å². The molecule has 0 atom stereocenters. The monoisotopic (exact) mass is 377 g/mol. The van der Waals surface area contributed by atoms with Crippen LogP contribution in [-0.2, 0) is 17.8 Å². The van der Waals surface area contributed by atoms with E-state index in [1.165, 1.54) is 17.0 Å². The number of hydrogen-bond acceptors (Lipinski definition) is 3. The van der Waals surface area contributed by atoms with Gasteiger partial charge in [0.2, 0.25) is 5.91 Å². The Labute approximate surface area is 143 Å². The number of anilines is 1. The largest absolute Gasteiger partial charge is 0.324 e. The molecule has 5 nitrogen and oxygen atoms in total. The molecule has 1 aromatic heterocycles. The zero-order valence-electron chi connectivity index (χ0n) is 13.3. The van der Waals surface area contributed by atoms with Crippen LogP contribution in [0.25, 0.3) is 0 Å². The zero-order chi connectivity index (χ0) is 16.8. The second-order valence-electron chi connectivity index (χ2n) is 5.46. The smallest absolute Gasteiger partial charge is 0.253 e. The van der Waals surface area contributed by atoms with Gasteiger partial charge in [0.25, 0.3) is 5.56 Å². The van der Waals surface area contributed by atoms with E-state index in [4.69, 9.17) is 0 Å². The lowest BCUT2D eigenvalue weighted by atomic mass is 10.2. The maximum atomic E-state index is 12.1. The molecule has 1 aromatic carbocycles. The maximum Gasteiger partial charge on any atom is 0.253 e. The highest BCUT2D eigenvalue weighted by molar-refractivity contribution is 9.10. The Bertz CT molecular complexity index is 756. The van der Waals surface area contributed by atoms with Crippen molar-refractivity contribution < 1.29 is 4.79 Å². The third kappa shape index (κ3) is 5.03. The predicted molar refractivity (Wildman–Crippen MR) is 94.6 cm³/mol. The lowest BCUT2D eigenvalue weighted by Crippen LogP contribution is -2.28. The van der Waals surface area contributed by atoms with E-state index < -0.39 is 0 Å². The van der Waals surface area contributed by atoms with E-state index in [9.17, 15) is 9.59 Å². The van der Waals surface area contributed by atoms with Crippen LogP contribution in [0, 0.1) is 6.92 Å². The molecule has 1 heterocycles. The fourth-order valence-corrected chi connectivity index (χ4v) is 2.66. The lowest BCUT2D eigenvalue weighted by molar-refractivity contribution is -0.116. The quantitative estimate of drug-likeness (QED) is 0.839. The minimum atomic E-state index is -0.249. The van der Waals surface area contributed by atoms with Gasteiger partial charge in [-0.15, -0.1) is 0 Å². The van der Waals surface area contributed by atoms with Gasteiger partial charge in [0.15, 0.2) is 0 Å². The molecule has 0 fully saturated rings. The molecule has 0 aliphatic carbocycles. The van der Waals surface area contributed by atoms with Crippen molar-refractivity contribution in [2.45, 2.75) is 39.7 Å². The Morgan fingerprint density at radius 3 is 2.78 bits per heavy atom. The van der Waals surface area contributed by atoms with Gasteiger partial charge in [-0.25, -0.2) is 4.98 Å². The third-order valence-corrected chi connectivity index (χ3v) is 3.99. The number of benzene rings is 1. The number of halogens is 1. The lowest BCUT2D eigenvalue weighted by Gasteiger charge is -2.10. The summed E-state index contributed by atoms with van der Waals surface area (Å²) in [6.07, 6.45) is 4.29. The Morgan fingerprint density at radius 1 is 1.35 bits per heavy atom. The minimum absolute atomic E-state index is 0.0462. The van der Waals surface area contributed by atoms with E-state index >= 15 is 0 Å². The molecule has 0 bridgehead atoms. The number of amides is 1. The van der Waals surface area contributed by atoms with Gasteiger partial charge in [-0.1, -0.05) is 29.3 Å². The second kappa shape index (κ2) is 8.06. The summed E-state index contributed by atoms with van der Waals surface area (Å²) in [5.41, 5.74) is 2.26. The summed E-state index contributed by atoms with van der Waals surface area (Å²) in [5, 5.41) is 2.81. The normalized spacial score (nSPS) is 10.6. The standard InChI is InChI=1S/C17H20BrN3O2/c1-3-4-5-14-9-17(23)21(11-19-14)10-16(22)20-15-7-6-13(18)8-12(15)2/h6-9,11H,3-5,10H2,1-2H3,(H,20,22). The van der Waals surface area contributed by atoms with Crippen LogP contribution in [0.15, 0.2) is 39.9 Å². The topological polar surface area (TPSA) is 64.0 Å². The first kappa shape index (κ1) is 17.4. The summed E-state index contributed by atoms with van der Waals surface area (Å²) in [6, 6.07) is 7.12. The number of hydrogen-bond donors (Lipinski definition) is 1. The van der Waals surface area contributed by atoms with Gasteiger partial charge in [0.05, 0.1) is 6.33 Å². The molecule has 23 heavy (non-hydrogen) atoms. The fraction of sp³-hybridized carbons (Fsp3) is 0.353. The molecule has 2 aromatic rings. The van der Waals surface area contributed by atoms with E-state index in [0.29, 0.717) is 0 Å². The summed E-state index contributed by atoms with van der Waals surface area (Å²) >= 11 is 3.38. The summed E-state index contributed by atoms with van der Waals surface area (Å²) < 4.78 is 2.27. The Kier molecular flexibility index (Phi) is 6.10. The second-order valence-corrected chi connectivity index (χ2v) is 6.37. The van der Waals surface area contributed by atoms with Gasteiger partial charge in [-0.05, 0) is 43.5 Å². The predicted octanol–water partition coefficient (Wildman–Crippen LogP) is 3.30. The highest BCUT2D eigenvalue weighted by Gasteiger charge is 2.08. The van der Waals surface area contributed by atoms with Crippen LogP contribution >= 0.6 is 15.9 Å². The van der Waals surface area contributed by atoms with Crippen LogP contribution in [-0.4, -0.2) is 15.5 Å². The number of nitrogens with one attached hydrogen (secondary N) is 1. The summed E-state index contributed by atoms with van der Waals surface area (Å²) in [4.78, 5) is 28.4. The minimum Gasteiger partial charge on any atom is -0.324 e. The number of unbranched alkanes of at least 4 members (excludes halogenated alkanes) is 1. The first-order valence-corrected chi connectivity index (χ1v) is 8.40. The Balaban J connectivity index is 2.04. The molecule has 1 amide bonds. The van der Waals surface area contributed by atoms with Crippen LogP contribution in [0.4, 0.5) is 5.69 Å². The molecule has 0 saturated heterocycles. The molecule has 0 radical (unpaired) electrons. The zero-order valence-corrected chi connectivity index (χ0v) is 14.9. The van der Waals surface area contributed by atoms with Gasteiger partial charge in [0.1, 0.15) is 6.54 Å². The Hall–Kier alpha value is -1.95. The molecule has 0 unspecified atom stereocenters. The van der Waals surface area contributed by atoms with Gasteiger partial charge in [-0.3, -0.25) is 14.2 Å². The van der Waals surface area contributed by atoms with Crippen molar-refractivity contribution in [1.29, 1.82) is 0 Å². The van der Waals surface area contributed by atoms with Gasteiger partial charge < -0.3 is 5.32 Å². The average molecular weight is 378 g/mol. The van der Waals surface area contributed by atoms with Crippen molar-refractivity contribution in [3.63, 3.8) is 0 Å². The van der Waals surface area contributed by atoms with Crippen LogP contribution in [0.3, 0.4) is 0 Å². The molecule has 0 aliphatic rings. The van der Waals surface area contributed by atoms with Gasteiger partial charge >= 0.3 is 0 Å². The Morgan fingerprint density at radius 2 is 2.13 bits per heavy atom. The van der Waals surface area contributed by atoms with E-state index in [-0.39, 0.29) is 18.0 Å². The molecule has 1 N–H and O–H groups in total. The summed E-state index contributed by atoms with van der Waals surface area (Å²) in [6.45, 7) is 3.96. The van der Waals surface area contributed by atoms with Crippen molar-refractivity contribution in [3.05, 3.63) is 56.7 Å². The van der Waals surface area contributed by atoms with Gasteiger partial charge in [-0.2, -0.15) is 0 Å². The van der Waals surface area contributed by atoms with E-state index in [1.54, 1.807) is 0 Å². The SMILES string of the molecule is CCCCc1cc(=O)n(CC(=O)Nc2ccc(Br)cc2C)cn1. The molecular formula is C17H20BrN3O2. The number of aryl methyl sites for hydroxylation is 2. The van der Waals surface area contributed by atoms with Crippen LogP contribution in [0.2, 0.25) is 0 Å². The van der Waals surface area contributed by atoms with Crippen molar-refractivity contribution >= 4 is 27.5 Å². The average Bonchev–Trinajstić information content (AvgIpc) is 2.50. The van der Waals surface area contributed by atoms with E-state index in [1.807, 2.05) is 25.1 Å². The van der Waals surface area contributed by atoms with Crippen LogP contribution in [0.5, 0.6) is 0 Å². The van der Waals surface area contributed by atoms with E-state index in [2.05, 4.69) is 33.2 Å². The molecule has 0 saturated carbocycles. The number of aromatic nitrogens is 2. The first-order chi connectivity index (χ1) is 11.0. The van der Waals surface area contributed by atoms with Crippen LogP contribution < -0.4 is 10.9 Å². The molecule has 122 valence electrons. The first-order valence-electron chi connectivity index (χ1n) is 7.61. The number of rotatable bonds is 6. The van der Waals surface area contributed by atoms with Gasteiger partial charge in [0, 0.05) is 21.9 Å². The van der Waals surface area contributed by atoms with Crippen molar-refractivity contribution in [3.8, 4) is 0 Å². The number of carbonyl (C=O) groups excluding carboxylic acids is 1. The van der Waals surface area contributed by atoms with Crippen molar-refractivity contribution in [1.82, 2.24) is 9.55 Å². The highest BCUT2D eigenvalue weighted by Crippen LogP contribution is 2.19. The highest BCUT2D eigenvalue weighted by atomic mass is 79.9. The van der Waals surface area contributed by atoms with Crippen LogP contribution in [0.1, 0.15) is 31.0 Å². The van der Waals surface area contributed by atoms with E-state index in [0.717, 1.165) is 40.7 Å². The molecule has 6 heteroatoms. The molecule has 0 aliphatic heterocycles. The summed E-state index contributed by atoms with van der Waals surface area (Å²) in [7, 11) is 0. The number of nitrogens with zero attached hydrogens (tertiary/aromatic N) is 2. The van der Waals surface area contributed by atoms with Crippen molar-refractivity contribution in [2.24, 2.45) is 0 Å². The molecular weight excluding hydrogens is 358 g/mol. The fourth-order valence-electron chi connectivity index (χ4n) is 2.19. The third-order valence-electron chi connectivity index (χ3n) is 3.50. The maximum absolute atomic E-state index is 12.1. The molecule has 2 rings (SSSR count). The molecule has 0 spiro atoms.